The van der Waals surface area contributed by atoms with Gasteiger partial charge in [0.25, 0.3) is 11.6 Å². The maximum atomic E-state index is 12.4. The van der Waals surface area contributed by atoms with Gasteiger partial charge < -0.3 is 9.73 Å². The molecule has 0 aliphatic heterocycles. The molecule has 4 rings (SSSR count). The van der Waals surface area contributed by atoms with Crippen LogP contribution in [0.2, 0.25) is 0 Å². The average molecular weight is 393 g/mol. The van der Waals surface area contributed by atoms with Crippen molar-refractivity contribution >= 4 is 33.1 Å². The Kier molecular flexibility index (Phi) is 4.62. The minimum absolute atomic E-state index is 0.0798. The Morgan fingerprint density at radius 3 is 2.79 bits per heavy atom. The number of para-hydroxylation sites is 1. The number of carbonyl (C=O) groups excluding carboxylic acids is 1. The molecule has 0 atom stereocenters. The Bertz CT molecular complexity index is 1160. The number of aromatic nitrogens is 1. The number of nitrogens with zero attached hydrogens (tertiary/aromatic N) is 2. The maximum absolute atomic E-state index is 12.4. The fourth-order valence-electron chi connectivity index (χ4n) is 2.90. The number of benzene rings is 2. The number of nitrogens with one attached hydrogen (secondary N) is 1. The highest BCUT2D eigenvalue weighted by Gasteiger charge is 2.18. The number of thiazole rings is 1. The Morgan fingerprint density at radius 2 is 2.00 bits per heavy atom. The summed E-state index contributed by atoms with van der Waals surface area (Å²) in [4.78, 5) is 27.5. The van der Waals surface area contributed by atoms with Crippen LogP contribution in [0.4, 0.5) is 5.69 Å². The van der Waals surface area contributed by atoms with Crippen LogP contribution < -0.4 is 5.32 Å². The van der Waals surface area contributed by atoms with Crippen molar-refractivity contribution in [1.29, 1.82) is 0 Å². The van der Waals surface area contributed by atoms with Crippen LogP contribution >= 0.6 is 11.3 Å². The summed E-state index contributed by atoms with van der Waals surface area (Å²) in [5.41, 5.74) is 1.44. The summed E-state index contributed by atoms with van der Waals surface area (Å²) in [6.07, 6.45) is 0. The Hall–Kier alpha value is -3.52. The Labute approximate surface area is 163 Å². The van der Waals surface area contributed by atoms with Gasteiger partial charge in [0.2, 0.25) is 0 Å². The molecule has 0 fully saturated rings. The van der Waals surface area contributed by atoms with Crippen LogP contribution in [0.3, 0.4) is 0 Å². The van der Waals surface area contributed by atoms with E-state index >= 15 is 0 Å². The zero-order valence-electron chi connectivity index (χ0n) is 14.8. The average Bonchev–Trinajstić information content (AvgIpc) is 3.32. The molecule has 4 aromatic rings. The molecule has 0 aliphatic rings. The van der Waals surface area contributed by atoms with Crippen molar-refractivity contribution in [3.63, 3.8) is 0 Å². The quantitative estimate of drug-likeness (QED) is 0.391. The van der Waals surface area contributed by atoms with E-state index < -0.39 is 4.92 Å². The van der Waals surface area contributed by atoms with Gasteiger partial charge in [-0.05, 0) is 37.3 Å². The van der Waals surface area contributed by atoms with E-state index in [1.165, 1.54) is 23.5 Å². The molecule has 2 aromatic carbocycles. The zero-order valence-corrected chi connectivity index (χ0v) is 15.7. The molecule has 140 valence electrons. The van der Waals surface area contributed by atoms with E-state index in [0.29, 0.717) is 17.1 Å². The summed E-state index contributed by atoms with van der Waals surface area (Å²) in [6.45, 7) is 1.73. The lowest BCUT2D eigenvalue weighted by Gasteiger charge is -2.06. The fraction of sp³-hybridized carbons (Fsp3) is 0.100. The van der Waals surface area contributed by atoms with E-state index in [4.69, 9.17) is 4.42 Å². The molecule has 7 nitrogen and oxygen atoms in total. The molecule has 28 heavy (non-hydrogen) atoms. The SMILES string of the molecule is Cc1c(C(=O)NCc2ccc(-c3nc4ccccc4s3)o2)cccc1[N+](=O)[O-]. The van der Waals surface area contributed by atoms with Gasteiger partial charge in [-0.15, -0.1) is 11.3 Å². The first-order valence-electron chi connectivity index (χ1n) is 8.50. The van der Waals surface area contributed by atoms with Gasteiger partial charge in [0, 0.05) is 17.2 Å². The van der Waals surface area contributed by atoms with Gasteiger partial charge in [-0.3, -0.25) is 14.9 Å². The first-order chi connectivity index (χ1) is 13.5. The van der Waals surface area contributed by atoms with E-state index in [0.717, 1.165) is 15.2 Å². The predicted octanol–water partition coefficient (Wildman–Crippen LogP) is 4.70. The number of fused-ring (bicyclic) bond motifs is 1. The Morgan fingerprint density at radius 1 is 1.18 bits per heavy atom. The van der Waals surface area contributed by atoms with Crippen LogP contribution in [0.25, 0.3) is 21.0 Å². The smallest absolute Gasteiger partial charge is 0.273 e. The zero-order chi connectivity index (χ0) is 19.7. The van der Waals surface area contributed by atoms with Gasteiger partial charge in [-0.2, -0.15) is 0 Å². The number of furan rings is 1. The van der Waals surface area contributed by atoms with E-state index in [9.17, 15) is 14.9 Å². The normalized spacial score (nSPS) is 10.9. The molecule has 0 aliphatic carbocycles. The molecule has 0 unspecified atom stereocenters. The number of amides is 1. The number of hydrogen-bond acceptors (Lipinski definition) is 6. The largest absolute Gasteiger partial charge is 0.457 e. The predicted molar refractivity (Wildman–Crippen MR) is 106 cm³/mol. The minimum Gasteiger partial charge on any atom is -0.457 e. The van der Waals surface area contributed by atoms with Crippen LogP contribution in [0, 0.1) is 17.0 Å². The number of rotatable bonds is 5. The van der Waals surface area contributed by atoms with Crippen LogP contribution in [0.5, 0.6) is 0 Å². The molecule has 0 saturated carbocycles. The summed E-state index contributed by atoms with van der Waals surface area (Å²) >= 11 is 1.54. The highest BCUT2D eigenvalue weighted by Crippen LogP contribution is 2.31. The topological polar surface area (TPSA) is 98.3 Å². The monoisotopic (exact) mass is 393 g/mol. The van der Waals surface area contributed by atoms with Gasteiger partial charge in [-0.25, -0.2) is 4.98 Å². The van der Waals surface area contributed by atoms with E-state index in [1.54, 1.807) is 19.1 Å². The van der Waals surface area contributed by atoms with Crippen molar-refractivity contribution in [2.75, 3.05) is 0 Å². The second kappa shape index (κ2) is 7.24. The van der Waals surface area contributed by atoms with Crippen LogP contribution in [0.1, 0.15) is 21.7 Å². The molecule has 0 spiro atoms. The second-order valence-corrected chi connectivity index (χ2v) is 7.17. The molecule has 0 saturated heterocycles. The Balaban J connectivity index is 1.48. The highest BCUT2D eigenvalue weighted by atomic mass is 32.1. The molecule has 1 N–H and O–H groups in total. The molecule has 0 bridgehead atoms. The van der Waals surface area contributed by atoms with Gasteiger partial charge in [0.05, 0.1) is 21.7 Å². The third kappa shape index (κ3) is 3.37. The lowest BCUT2D eigenvalue weighted by molar-refractivity contribution is -0.385. The van der Waals surface area contributed by atoms with Crippen molar-refractivity contribution in [3.05, 3.63) is 81.6 Å². The number of nitro groups is 1. The summed E-state index contributed by atoms with van der Waals surface area (Å²) < 4.78 is 6.88. The van der Waals surface area contributed by atoms with Crippen LogP contribution in [-0.4, -0.2) is 15.8 Å². The standard InChI is InChI=1S/C20H15N3O4S/c1-12-14(5-4-7-16(12)23(25)26)19(24)21-11-13-9-10-17(27-13)20-22-15-6-2-3-8-18(15)28-20/h2-10H,11H2,1H3,(H,21,24). The van der Waals surface area contributed by atoms with Gasteiger partial charge in [0.15, 0.2) is 10.8 Å². The summed E-state index contributed by atoms with van der Waals surface area (Å²) in [7, 11) is 0. The molecule has 2 heterocycles. The summed E-state index contributed by atoms with van der Waals surface area (Å²) in [6, 6.07) is 15.9. The molecule has 2 aromatic heterocycles. The highest BCUT2D eigenvalue weighted by molar-refractivity contribution is 7.21. The molecule has 1 amide bonds. The number of hydrogen-bond donors (Lipinski definition) is 1. The van der Waals surface area contributed by atoms with Crippen molar-refractivity contribution in [2.24, 2.45) is 0 Å². The lowest BCUT2D eigenvalue weighted by atomic mass is 10.1. The molecular formula is C20H15N3O4S. The third-order valence-corrected chi connectivity index (χ3v) is 5.39. The maximum Gasteiger partial charge on any atom is 0.273 e. The van der Waals surface area contributed by atoms with E-state index in [-0.39, 0.29) is 23.7 Å². The van der Waals surface area contributed by atoms with Crippen molar-refractivity contribution in [2.45, 2.75) is 13.5 Å². The first kappa shape index (κ1) is 17.9. The van der Waals surface area contributed by atoms with E-state index in [2.05, 4.69) is 10.3 Å². The molecular weight excluding hydrogens is 378 g/mol. The molecule has 8 heteroatoms. The van der Waals surface area contributed by atoms with Gasteiger partial charge in [0.1, 0.15) is 5.76 Å². The number of carbonyl (C=O) groups is 1. The summed E-state index contributed by atoms with van der Waals surface area (Å²) in [5.74, 6) is 0.821. The second-order valence-electron chi connectivity index (χ2n) is 6.14. The fourth-order valence-corrected chi connectivity index (χ4v) is 3.82. The minimum atomic E-state index is -0.497. The first-order valence-corrected chi connectivity index (χ1v) is 9.31. The van der Waals surface area contributed by atoms with Crippen molar-refractivity contribution in [3.8, 4) is 10.8 Å². The van der Waals surface area contributed by atoms with Crippen molar-refractivity contribution in [1.82, 2.24) is 10.3 Å². The van der Waals surface area contributed by atoms with Crippen LogP contribution in [0.15, 0.2) is 59.0 Å². The third-order valence-electron chi connectivity index (χ3n) is 4.34. The molecule has 0 radical (unpaired) electrons. The number of nitro benzene ring substituents is 1. The van der Waals surface area contributed by atoms with Crippen molar-refractivity contribution < 1.29 is 14.1 Å². The lowest BCUT2D eigenvalue weighted by Crippen LogP contribution is -2.23. The summed E-state index contributed by atoms with van der Waals surface area (Å²) in [5, 5.41) is 14.5. The van der Waals surface area contributed by atoms with E-state index in [1.807, 2.05) is 30.3 Å². The van der Waals surface area contributed by atoms with Gasteiger partial charge in [-0.1, -0.05) is 18.2 Å². The van der Waals surface area contributed by atoms with Crippen LogP contribution in [-0.2, 0) is 6.54 Å². The van der Waals surface area contributed by atoms with Gasteiger partial charge >= 0.3 is 0 Å².